The zero-order chi connectivity index (χ0) is 13.3. The van der Waals surface area contributed by atoms with Gasteiger partial charge >= 0.3 is 5.97 Å². The number of hydrogen-bond acceptors (Lipinski definition) is 2. The molecule has 0 bridgehead atoms. The molecular weight excluding hydrogens is 250 g/mol. The van der Waals surface area contributed by atoms with Crippen molar-refractivity contribution in [1.82, 2.24) is 4.98 Å². The number of aryl methyl sites for hydroxylation is 2. The Kier molecular flexibility index (Phi) is 3.34. The summed E-state index contributed by atoms with van der Waals surface area (Å²) in [4.78, 5) is 15.0. The largest absolute Gasteiger partial charge is 0.476 e. The van der Waals surface area contributed by atoms with Gasteiger partial charge in [0.15, 0.2) is 5.69 Å². The highest BCUT2D eigenvalue weighted by Gasteiger charge is 2.15. The lowest BCUT2D eigenvalue weighted by atomic mass is 9.99. The van der Waals surface area contributed by atoms with Gasteiger partial charge < -0.3 is 5.11 Å². The maximum absolute atomic E-state index is 11.2. The molecule has 92 valence electrons. The van der Waals surface area contributed by atoms with Crippen molar-refractivity contribution in [2.45, 2.75) is 13.8 Å². The van der Waals surface area contributed by atoms with Crippen LogP contribution in [0, 0.1) is 13.8 Å². The van der Waals surface area contributed by atoms with Crippen molar-refractivity contribution in [3.8, 4) is 11.1 Å². The normalized spacial score (nSPS) is 10.4. The number of halogens is 1. The number of pyridine rings is 1. The second-order valence-corrected chi connectivity index (χ2v) is 4.53. The van der Waals surface area contributed by atoms with Crippen molar-refractivity contribution in [3.63, 3.8) is 0 Å². The second-order valence-electron chi connectivity index (χ2n) is 4.12. The molecule has 0 atom stereocenters. The average molecular weight is 262 g/mol. The van der Waals surface area contributed by atoms with Gasteiger partial charge in [0.1, 0.15) is 0 Å². The molecule has 0 aliphatic heterocycles. The Morgan fingerprint density at radius 3 is 2.56 bits per heavy atom. The van der Waals surface area contributed by atoms with Gasteiger partial charge in [0, 0.05) is 22.3 Å². The molecule has 1 aromatic carbocycles. The summed E-state index contributed by atoms with van der Waals surface area (Å²) in [6, 6.07) is 7.14. The highest BCUT2D eigenvalue weighted by atomic mass is 35.5. The van der Waals surface area contributed by atoms with Crippen molar-refractivity contribution in [1.29, 1.82) is 0 Å². The summed E-state index contributed by atoms with van der Waals surface area (Å²) >= 11 is 6.19. The Morgan fingerprint density at radius 2 is 1.89 bits per heavy atom. The lowest BCUT2D eigenvalue weighted by molar-refractivity contribution is 0.0691. The van der Waals surface area contributed by atoms with Crippen LogP contribution < -0.4 is 0 Å². The van der Waals surface area contributed by atoms with Crippen LogP contribution in [-0.4, -0.2) is 16.1 Å². The van der Waals surface area contributed by atoms with Crippen LogP contribution in [0.1, 0.15) is 21.6 Å². The summed E-state index contributed by atoms with van der Waals surface area (Å²) in [6.45, 7) is 3.93. The molecule has 4 heteroatoms. The first kappa shape index (κ1) is 12.6. The maximum atomic E-state index is 11.2. The van der Waals surface area contributed by atoms with Crippen LogP contribution in [-0.2, 0) is 0 Å². The van der Waals surface area contributed by atoms with Crippen LogP contribution >= 0.6 is 11.6 Å². The standard InChI is InChI=1S/C14H12ClNO2/c1-8-6-11(12(15)7-9(8)2)10-4-3-5-16-13(10)14(17)18/h3-7H,1-2H3,(H,17,18). The Labute approximate surface area is 110 Å². The van der Waals surface area contributed by atoms with Crippen molar-refractivity contribution in [3.05, 3.63) is 52.3 Å². The van der Waals surface area contributed by atoms with Gasteiger partial charge in [-0.15, -0.1) is 0 Å². The number of aromatic nitrogens is 1. The summed E-state index contributed by atoms with van der Waals surface area (Å²) in [5.41, 5.74) is 3.39. The first-order valence-corrected chi connectivity index (χ1v) is 5.84. The summed E-state index contributed by atoms with van der Waals surface area (Å²) in [5.74, 6) is -1.06. The van der Waals surface area contributed by atoms with Gasteiger partial charge in [-0.05, 0) is 43.2 Å². The van der Waals surface area contributed by atoms with E-state index in [1.54, 1.807) is 12.1 Å². The molecule has 0 spiro atoms. The predicted molar refractivity (Wildman–Crippen MR) is 71.1 cm³/mol. The van der Waals surface area contributed by atoms with Crippen molar-refractivity contribution in [2.75, 3.05) is 0 Å². The van der Waals surface area contributed by atoms with E-state index < -0.39 is 5.97 Å². The van der Waals surface area contributed by atoms with E-state index in [-0.39, 0.29) is 5.69 Å². The first-order chi connectivity index (χ1) is 8.50. The smallest absolute Gasteiger partial charge is 0.355 e. The zero-order valence-electron chi connectivity index (χ0n) is 10.1. The van der Waals surface area contributed by atoms with Gasteiger partial charge in [0.05, 0.1) is 0 Å². The molecule has 0 saturated carbocycles. The number of aromatic carboxylic acids is 1. The Bertz CT molecular complexity index is 623. The number of carboxylic acids is 1. The lowest BCUT2D eigenvalue weighted by Gasteiger charge is -2.10. The fourth-order valence-corrected chi connectivity index (χ4v) is 2.10. The molecule has 0 saturated heterocycles. The van der Waals surface area contributed by atoms with Gasteiger partial charge in [0.2, 0.25) is 0 Å². The molecule has 1 aromatic heterocycles. The molecule has 18 heavy (non-hydrogen) atoms. The number of nitrogens with zero attached hydrogens (tertiary/aromatic N) is 1. The molecule has 0 radical (unpaired) electrons. The maximum Gasteiger partial charge on any atom is 0.355 e. The molecule has 1 heterocycles. The fourth-order valence-electron chi connectivity index (χ4n) is 1.78. The van der Waals surface area contributed by atoms with Crippen molar-refractivity contribution < 1.29 is 9.90 Å². The minimum absolute atomic E-state index is 0.0163. The van der Waals surface area contributed by atoms with Crippen LogP contribution in [0.3, 0.4) is 0 Å². The zero-order valence-corrected chi connectivity index (χ0v) is 10.8. The molecule has 2 rings (SSSR count). The number of carbonyl (C=O) groups is 1. The van der Waals surface area contributed by atoms with Crippen LogP contribution in [0.25, 0.3) is 11.1 Å². The van der Waals surface area contributed by atoms with Gasteiger partial charge in [-0.3, -0.25) is 0 Å². The number of benzene rings is 1. The molecular formula is C14H12ClNO2. The second kappa shape index (κ2) is 4.78. The van der Waals surface area contributed by atoms with Crippen LogP contribution in [0.4, 0.5) is 0 Å². The van der Waals surface area contributed by atoms with Gasteiger partial charge in [-0.1, -0.05) is 17.7 Å². The van der Waals surface area contributed by atoms with E-state index in [4.69, 9.17) is 16.7 Å². The average Bonchev–Trinajstić information content (AvgIpc) is 2.34. The van der Waals surface area contributed by atoms with E-state index in [9.17, 15) is 4.79 Å². The third-order valence-electron chi connectivity index (χ3n) is 2.88. The quantitative estimate of drug-likeness (QED) is 0.896. The topological polar surface area (TPSA) is 50.2 Å². The molecule has 1 N–H and O–H groups in total. The molecule has 3 nitrogen and oxygen atoms in total. The third kappa shape index (κ3) is 2.22. The number of carboxylic acid groups (broad SMARTS) is 1. The van der Waals surface area contributed by atoms with Gasteiger partial charge in [-0.2, -0.15) is 0 Å². The van der Waals surface area contributed by atoms with Gasteiger partial charge in [0.25, 0.3) is 0 Å². The lowest BCUT2D eigenvalue weighted by Crippen LogP contribution is -2.03. The summed E-state index contributed by atoms with van der Waals surface area (Å²) < 4.78 is 0. The van der Waals surface area contributed by atoms with Gasteiger partial charge in [-0.25, -0.2) is 9.78 Å². The number of hydrogen-bond donors (Lipinski definition) is 1. The minimum atomic E-state index is -1.06. The summed E-state index contributed by atoms with van der Waals surface area (Å²) in [5, 5.41) is 9.67. The van der Waals surface area contributed by atoms with E-state index in [0.717, 1.165) is 11.1 Å². The van der Waals surface area contributed by atoms with Crippen molar-refractivity contribution in [2.24, 2.45) is 0 Å². The van der Waals surface area contributed by atoms with E-state index in [2.05, 4.69) is 4.98 Å². The van der Waals surface area contributed by atoms with Crippen LogP contribution in [0.2, 0.25) is 5.02 Å². The monoisotopic (exact) mass is 261 g/mol. The Morgan fingerprint density at radius 1 is 1.22 bits per heavy atom. The minimum Gasteiger partial charge on any atom is -0.476 e. The summed E-state index contributed by atoms with van der Waals surface area (Å²) in [6.07, 6.45) is 1.46. The Hall–Kier alpha value is -1.87. The third-order valence-corrected chi connectivity index (χ3v) is 3.20. The van der Waals surface area contributed by atoms with E-state index >= 15 is 0 Å². The summed E-state index contributed by atoms with van der Waals surface area (Å²) in [7, 11) is 0. The van der Waals surface area contributed by atoms with Crippen molar-refractivity contribution >= 4 is 17.6 Å². The molecule has 0 fully saturated rings. The van der Waals surface area contributed by atoms with Crippen LogP contribution in [0.5, 0.6) is 0 Å². The van der Waals surface area contributed by atoms with Crippen LogP contribution in [0.15, 0.2) is 30.5 Å². The Balaban J connectivity index is 2.69. The molecule has 0 aliphatic rings. The molecule has 0 amide bonds. The van der Waals surface area contributed by atoms with E-state index in [1.807, 2.05) is 26.0 Å². The van der Waals surface area contributed by atoms with E-state index in [0.29, 0.717) is 16.1 Å². The highest BCUT2D eigenvalue weighted by molar-refractivity contribution is 6.33. The molecule has 0 aliphatic carbocycles. The van der Waals surface area contributed by atoms with E-state index in [1.165, 1.54) is 6.20 Å². The highest BCUT2D eigenvalue weighted by Crippen LogP contribution is 2.32. The molecule has 0 unspecified atom stereocenters. The SMILES string of the molecule is Cc1cc(Cl)c(-c2cccnc2C(=O)O)cc1C. The molecule has 2 aromatic rings. The fraction of sp³-hybridized carbons (Fsp3) is 0.143. The number of rotatable bonds is 2. The first-order valence-electron chi connectivity index (χ1n) is 5.46. The predicted octanol–water partition coefficient (Wildman–Crippen LogP) is 3.72.